The molecular formula is C23H21FN6O6S. The molecule has 0 bridgehead atoms. The molecular weight excluding hydrogens is 507 g/mol. The highest BCUT2D eigenvalue weighted by molar-refractivity contribution is 7.92. The van der Waals surface area contributed by atoms with E-state index < -0.39 is 33.9 Å². The normalized spacial score (nSPS) is 14.0. The maximum absolute atomic E-state index is 14.6. The highest BCUT2D eigenvalue weighted by Crippen LogP contribution is 2.28. The van der Waals surface area contributed by atoms with Crippen molar-refractivity contribution in [3.05, 3.63) is 71.8 Å². The summed E-state index contributed by atoms with van der Waals surface area (Å²) in [5, 5.41) is 7.37. The molecule has 0 spiro atoms. The SMILES string of the molecule is CNC(=O)c1cc(Oc2ccc(NC(=O)Nc3ccc(N4CC(=O)NS4(=O)=O)c(C)c3)c(F)c2)ccn1. The van der Waals surface area contributed by atoms with Crippen molar-refractivity contribution in [2.75, 3.05) is 28.5 Å². The Morgan fingerprint density at radius 2 is 1.84 bits per heavy atom. The number of pyridine rings is 1. The van der Waals surface area contributed by atoms with E-state index in [1.54, 1.807) is 6.92 Å². The van der Waals surface area contributed by atoms with Crippen molar-refractivity contribution in [2.24, 2.45) is 0 Å². The first kappa shape index (κ1) is 25.4. The van der Waals surface area contributed by atoms with E-state index in [-0.39, 0.29) is 35.1 Å². The maximum atomic E-state index is 14.6. The Kier molecular flexibility index (Phi) is 6.93. The first-order valence-corrected chi connectivity index (χ1v) is 12.2. The second kappa shape index (κ2) is 10.1. The molecule has 192 valence electrons. The molecule has 2 heterocycles. The van der Waals surface area contributed by atoms with Gasteiger partial charge in [-0.15, -0.1) is 0 Å². The quantitative estimate of drug-likeness (QED) is 0.383. The number of anilines is 3. The zero-order valence-corrected chi connectivity index (χ0v) is 20.3. The molecule has 12 nitrogen and oxygen atoms in total. The Morgan fingerprint density at radius 1 is 1.08 bits per heavy atom. The van der Waals surface area contributed by atoms with Gasteiger partial charge in [-0.2, -0.15) is 8.42 Å². The lowest BCUT2D eigenvalue weighted by molar-refractivity contribution is -0.117. The Bertz CT molecular complexity index is 1510. The molecule has 0 atom stereocenters. The predicted molar refractivity (Wildman–Crippen MR) is 132 cm³/mol. The predicted octanol–water partition coefficient (Wildman–Crippen LogP) is 2.51. The van der Waals surface area contributed by atoms with Crippen LogP contribution in [0.15, 0.2) is 54.7 Å². The zero-order chi connectivity index (χ0) is 26.7. The molecule has 4 N–H and O–H groups in total. The van der Waals surface area contributed by atoms with Gasteiger partial charge in [-0.1, -0.05) is 0 Å². The Balaban J connectivity index is 1.41. The highest BCUT2D eigenvalue weighted by atomic mass is 32.2. The fourth-order valence-corrected chi connectivity index (χ4v) is 4.70. The molecule has 0 aliphatic carbocycles. The van der Waals surface area contributed by atoms with Gasteiger partial charge in [0.1, 0.15) is 29.6 Å². The molecule has 4 amide bonds. The van der Waals surface area contributed by atoms with Crippen molar-refractivity contribution in [1.29, 1.82) is 0 Å². The summed E-state index contributed by atoms with van der Waals surface area (Å²) in [6.45, 7) is 1.28. The second-order valence-electron chi connectivity index (χ2n) is 7.82. The van der Waals surface area contributed by atoms with Crippen LogP contribution in [-0.2, 0) is 15.0 Å². The van der Waals surface area contributed by atoms with Crippen LogP contribution in [0.3, 0.4) is 0 Å². The maximum Gasteiger partial charge on any atom is 0.326 e. The number of aryl methyl sites for hydroxylation is 1. The average molecular weight is 529 g/mol. The van der Waals surface area contributed by atoms with E-state index >= 15 is 0 Å². The Labute approximate surface area is 211 Å². The van der Waals surface area contributed by atoms with Crippen LogP contribution in [0.5, 0.6) is 11.5 Å². The highest BCUT2D eigenvalue weighted by Gasteiger charge is 2.34. The van der Waals surface area contributed by atoms with Crippen molar-refractivity contribution in [2.45, 2.75) is 6.92 Å². The summed E-state index contributed by atoms with van der Waals surface area (Å²) >= 11 is 0. The third kappa shape index (κ3) is 5.75. The fraction of sp³-hybridized carbons (Fsp3) is 0.130. The topological polar surface area (TPSA) is 159 Å². The van der Waals surface area contributed by atoms with Gasteiger partial charge in [0.2, 0.25) is 0 Å². The van der Waals surface area contributed by atoms with E-state index in [0.717, 1.165) is 10.4 Å². The molecule has 0 radical (unpaired) electrons. The van der Waals surface area contributed by atoms with Crippen molar-refractivity contribution < 1.29 is 31.9 Å². The number of rotatable bonds is 6. The van der Waals surface area contributed by atoms with Crippen LogP contribution in [0, 0.1) is 12.7 Å². The van der Waals surface area contributed by atoms with Crippen molar-refractivity contribution in [3.8, 4) is 11.5 Å². The van der Waals surface area contributed by atoms with Crippen LogP contribution >= 0.6 is 0 Å². The lowest BCUT2D eigenvalue weighted by Crippen LogP contribution is -2.30. The van der Waals surface area contributed by atoms with Crippen LogP contribution in [-0.4, -0.2) is 44.8 Å². The molecule has 1 aromatic heterocycles. The summed E-state index contributed by atoms with van der Waals surface area (Å²) in [6.07, 6.45) is 1.38. The van der Waals surface area contributed by atoms with E-state index in [2.05, 4.69) is 20.9 Å². The molecule has 1 aliphatic rings. The van der Waals surface area contributed by atoms with Gasteiger partial charge in [0.05, 0.1) is 11.4 Å². The molecule has 2 aromatic carbocycles. The first-order chi connectivity index (χ1) is 17.6. The monoisotopic (exact) mass is 528 g/mol. The number of ether oxygens (including phenoxy) is 1. The second-order valence-corrected chi connectivity index (χ2v) is 9.41. The number of nitrogens with zero attached hydrogens (tertiary/aromatic N) is 2. The smallest absolute Gasteiger partial charge is 0.326 e. The summed E-state index contributed by atoms with van der Waals surface area (Å²) in [5.74, 6) is -1.41. The van der Waals surface area contributed by atoms with Crippen LogP contribution < -0.4 is 29.7 Å². The third-order valence-corrected chi connectivity index (χ3v) is 6.55. The molecule has 1 aliphatic heterocycles. The van der Waals surface area contributed by atoms with Crippen molar-refractivity contribution in [1.82, 2.24) is 15.0 Å². The number of halogens is 1. The molecule has 3 aromatic rings. The number of amides is 4. The Hall–Kier alpha value is -4.72. The number of urea groups is 1. The lowest BCUT2D eigenvalue weighted by Gasteiger charge is -2.18. The number of carbonyl (C=O) groups is 3. The zero-order valence-electron chi connectivity index (χ0n) is 19.5. The van der Waals surface area contributed by atoms with Gasteiger partial charge < -0.3 is 20.7 Å². The van der Waals surface area contributed by atoms with Crippen LogP contribution in [0.4, 0.5) is 26.2 Å². The first-order valence-electron chi connectivity index (χ1n) is 10.7. The van der Waals surface area contributed by atoms with Gasteiger partial charge in [0, 0.05) is 31.1 Å². The van der Waals surface area contributed by atoms with Gasteiger partial charge in [-0.05, 0) is 48.9 Å². The van der Waals surface area contributed by atoms with Crippen molar-refractivity contribution >= 4 is 45.1 Å². The minimum absolute atomic E-state index is 0.119. The van der Waals surface area contributed by atoms with E-state index in [9.17, 15) is 27.2 Å². The molecule has 0 unspecified atom stereocenters. The number of aromatic nitrogens is 1. The van der Waals surface area contributed by atoms with E-state index in [4.69, 9.17) is 4.74 Å². The van der Waals surface area contributed by atoms with E-state index in [0.29, 0.717) is 11.3 Å². The number of hydrogen-bond donors (Lipinski definition) is 4. The molecule has 0 saturated carbocycles. The average Bonchev–Trinajstić information content (AvgIpc) is 3.12. The van der Waals surface area contributed by atoms with Gasteiger partial charge >= 0.3 is 16.2 Å². The van der Waals surface area contributed by atoms with Crippen LogP contribution in [0.25, 0.3) is 0 Å². The molecule has 4 rings (SSSR count). The molecule has 1 fully saturated rings. The molecule has 37 heavy (non-hydrogen) atoms. The summed E-state index contributed by atoms with van der Waals surface area (Å²) in [5.41, 5.74) is 1.10. The minimum atomic E-state index is -3.96. The van der Waals surface area contributed by atoms with Crippen LogP contribution in [0.1, 0.15) is 16.1 Å². The number of nitrogens with one attached hydrogen (secondary N) is 4. The minimum Gasteiger partial charge on any atom is -0.457 e. The van der Waals surface area contributed by atoms with Gasteiger partial charge in [-0.25, -0.2) is 18.2 Å². The van der Waals surface area contributed by atoms with E-state index in [1.165, 1.54) is 55.7 Å². The largest absolute Gasteiger partial charge is 0.457 e. The summed E-state index contributed by atoms with van der Waals surface area (Å²) in [4.78, 5) is 39.5. The molecule has 14 heteroatoms. The standard InChI is InChI=1S/C23H21FN6O6S/c1-13-9-14(3-6-20(13)30-12-21(31)29-37(30,34)35)27-23(33)28-18-5-4-15(10-17(18)24)36-16-7-8-26-19(11-16)22(32)25-2/h3-11H,12H2,1-2H3,(H,25,32)(H,29,31)(H2,27,28,33). The summed E-state index contributed by atoms with van der Waals surface area (Å²) < 4.78 is 47.1. The fourth-order valence-electron chi connectivity index (χ4n) is 3.48. The number of benzene rings is 2. The third-order valence-electron chi connectivity index (χ3n) is 5.16. The van der Waals surface area contributed by atoms with Gasteiger partial charge in [0.25, 0.3) is 11.8 Å². The summed E-state index contributed by atoms with van der Waals surface area (Å²) in [6, 6.07) is 10.4. The number of carbonyl (C=O) groups excluding carboxylic acids is 3. The lowest BCUT2D eigenvalue weighted by atomic mass is 10.1. The summed E-state index contributed by atoms with van der Waals surface area (Å²) in [7, 11) is -2.50. The number of hydrogen-bond acceptors (Lipinski definition) is 7. The van der Waals surface area contributed by atoms with Crippen molar-refractivity contribution in [3.63, 3.8) is 0 Å². The molecule has 1 saturated heterocycles. The van der Waals surface area contributed by atoms with Gasteiger partial charge in [-0.3, -0.25) is 14.6 Å². The van der Waals surface area contributed by atoms with Crippen LogP contribution in [0.2, 0.25) is 0 Å². The van der Waals surface area contributed by atoms with E-state index in [1.807, 2.05) is 4.72 Å². The van der Waals surface area contributed by atoms with Gasteiger partial charge in [0.15, 0.2) is 0 Å². The Morgan fingerprint density at radius 3 is 2.49 bits per heavy atom.